The lowest BCUT2D eigenvalue weighted by atomic mass is 10.0. The molecule has 0 aliphatic carbocycles. The third-order valence-electron chi connectivity index (χ3n) is 3.60. The van der Waals surface area contributed by atoms with Gasteiger partial charge >= 0.3 is 5.97 Å². The van der Waals surface area contributed by atoms with Gasteiger partial charge in [-0.1, -0.05) is 44.2 Å². The SMILES string of the molecule is CCOc1ccccc1C(=O)N[C@H](C(=O)Oc1ccccc1)C(C)C. The molecule has 0 aliphatic rings. The largest absolute Gasteiger partial charge is 0.493 e. The van der Waals surface area contributed by atoms with E-state index >= 15 is 0 Å². The van der Waals surface area contributed by atoms with E-state index in [0.29, 0.717) is 23.7 Å². The first kappa shape index (κ1) is 18.5. The smallest absolute Gasteiger partial charge is 0.334 e. The van der Waals surface area contributed by atoms with Gasteiger partial charge in [0.2, 0.25) is 0 Å². The van der Waals surface area contributed by atoms with Crippen molar-refractivity contribution in [3.05, 3.63) is 60.2 Å². The van der Waals surface area contributed by atoms with Crippen LogP contribution in [0.15, 0.2) is 54.6 Å². The first-order valence-electron chi connectivity index (χ1n) is 8.32. The Labute approximate surface area is 148 Å². The van der Waals surface area contributed by atoms with Crippen LogP contribution in [0.3, 0.4) is 0 Å². The van der Waals surface area contributed by atoms with Gasteiger partial charge in [-0.25, -0.2) is 4.79 Å². The standard InChI is InChI=1S/C20H23NO4/c1-4-24-17-13-9-8-12-16(17)19(22)21-18(14(2)3)20(23)25-15-10-6-5-7-11-15/h5-14,18H,4H2,1-3H3,(H,21,22)/t18-/m0/s1. The lowest BCUT2D eigenvalue weighted by molar-refractivity contribution is -0.137. The van der Waals surface area contributed by atoms with E-state index in [-0.39, 0.29) is 11.8 Å². The Morgan fingerprint density at radius 1 is 1.00 bits per heavy atom. The highest BCUT2D eigenvalue weighted by molar-refractivity contribution is 5.99. The summed E-state index contributed by atoms with van der Waals surface area (Å²) in [5.41, 5.74) is 0.391. The monoisotopic (exact) mass is 341 g/mol. The molecule has 0 saturated carbocycles. The highest BCUT2D eigenvalue weighted by Gasteiger charge is 2.27. The molecular formula is C20H23NO4. The molecule has 0 aliphatic heterocycles. The Morgan fingerprint density at radius 2 is 1.64 bits per heavy atom. The van der Waals surface area contributed by atoms with Crippen LogP contribution in [0.5, 0.6) is 11.5 Å². The minimum Gasteiger partial charge on any atom is -0.493 e. The summed E-state index contributed by atoms with van der Waals surface area (Å²) >= 11 is 0. The number of amides is 1. The van der Waals surface area contributed by atoms with Gasteiger partial charge < -0.3 is 14.8 Å². The Hall–Kier alpha value is -2.82. The molecule has 0 heterocycles. The fraction of sp³-hybridized carbons (Fsp3) is 0.300. The van der Waals surface area contributed by atoms with Crippen LogP contribution in [0, 0.1) is 5.92 Å². The minimum atomic E-state index is -0.762. The zero-order chi connectivity index (χ0) is 18.2. The molecule has 0 radical (unpaired) electrons. The number of para-hydroxylation sites is 2. The molecule has 0 saturated heterocycles. The number of nitrogens with one attached hydrogen (secondary N) is 1. The number of hydrogen-bond acceptors (Lipinski definition) is 4. The van der Waals surface area contributed by atoms with E-state index in [1.54, 1.807) is 48.5 Å². The van der Waals surface area contributed by atoms with Crippen molar-refractivity contribution in [3.63, 3.8) is 0 Å². The van der Waals surface area contributed by atoms with Crippen LogP contribution < -0.4 is 14.8 Å². The van der Waals surface area contributed by atoms with Crippen molar-refractivity contribution in [1.82, 2.24) is 5.32 Å². The van der Waals surface area contributed by atoms with Gasteiger partial charge in [-0.2, -0.15) is 0 Å². The molecule has 0 aromatic heterocycles. The summed E-state index contributed by atoms with van der Waals surface area (Å²) in [5, 5.41) is 2.76. The van der Waals surface area contributed by atoms with Crippen LogP contribution in [0.2, 0.25) is 0 Å². The molecule has 2 rings (SSSR count). The molecule has 0 spiro atoms. The molecule has 5 nitrogen and oxygen atoms in total. The van der Waals surface area contributed by atoms with Crippen molar-refractivity contribution in [3.8, 4) is 11.5 Å². The molecular weight excluding hydrogens is 318 g/mol. The predicted molar refractivity (Wildman–Crippen MR) is 95.8 cm³/mol. The number of ether oxygens (including phenoxy) is 2. The van der Waals surface area contributed by atoms with Crippen molar-refractivity contribution in [2.24, 2.45) is 5.92 Å². The van der Waals surface area contributed by atoms with E-state index in [9.17, 15) is 9.59 Å². The maximum atomic E-state index is 12.6. The number of esters is 1. The second-order valence-corrected chi connectivity index (χ2v) is 5.86. The van der Waals surface area contributed by atoms with Gasteiger partial charge in [0.15, 0.2) is 0 Å². The van der Waals surface area contributed by atoms with Gasteiger partial charge in [0.1, 0.15) is 17.5 Å². The molecule has 25 heavy (non-hydrogen) atoms. The molecule has 1 atom stereocenters. The summed E-state index contributed by atoms with van der Waals surface area (Å²) in [6.45, 7) is 6.01. The molecule has 0 bridgehead atoms. The van der Waals surface area contributed by atoms with Gasteiger partial charge in [0, 0.05) is 0 Å². The van der Waals surface area contributed by atoms with Gasteiger partial charge in [-0.15, -0.1) is 0 Å². The normalized spacial score (nSPS) is 11.7. The van der Waals surface area contributed by atoms with Crippen LogP contribution in [0.1, 0.15) is 31.1 Å². The first-order chi connectivity index (χ1) is 12.0. The van der Waals surface area contributed by atoms with Gasteiger partial charge in [-0.05, 0) is 37.1 Å². The van der Waals surface area contributed by atoms with E-state index in [2.05, 4.69) is 5.32 Å². The summed E-state index contributed by atoms with van der Waals surface area (Å²) in [6.07, 6.45) is 0. The van der Waals surface area contributed by atoms with Crippen molar-refractivity contribution < 1.29 is 19.1 Å². The quantitative estimate of drug-likeness (QED) is 0.619. The maximum absolute atomic E-state index is 12.6. The summed E-state index contributed by atoms with van der Waals surface area (Å²) in [7, 11) is 0. The molecule has 2 aromatic carbocycles. The second-order valence-electron chi connectivity index (χ2n) is 5.86. The van der Waals surface area contributed by atoms with Crippen LogP contribution >= 0.6 is 0 Å². The highest BCUT2D eigenvalue weighted by atomic mass is 16.5. The lowest BCUT2D eigenvalue weighted by Gasteiger charge is -2.21. The fourth-order valence-electron chi connectivity index (χ4n) is 2.32. The molecule has 1 amide bonds. The summed E-state index contributed by atoms with van der Waals surface area (Å²) in [5.74, 6) is -0.0563. The molecule has 1 N–H and O–H groups in total. The zero-order valence-electron chi connectivity index (χ0n) is 14.7. The summed E-state index contributed by atoms with van der Waals surface area (Å²) in [4.78, 5) is 25.1. The van der Waals surface area contributed by atoms with Gasteiger partial charge in [0.25, 0.3) is 5.91 Å². The Bertz CT molecular complexity index is 713. The van der Waals surface area contributed by atoms with Crippen LogP contribution in [0.4, 0.5) is 0 Å². The summed E-state index contributed by atoms with van der Waals surface area (Å²) < 4.78 is 10.8. The van der Waals surface area contributed by atoms with E-state index in [1.165, 1.54) is 0 Å². The van der Waals surface area contributed by atoms with Crippen LogP contribution in [-0.2, 0) is 4.79 Å². The summed E-state index contributed by atoms with van der Waals surface area (Å²) in [6, 6.07) is 15.0. The van der Waals surface area contributed by atoms with Crippen molar-refractivity contribution in [2.75, 3.05) is 6.61 Å². The van der Waals surface area contributed by atoms with Crippen molar-refractivity contribution in [2.45, 2.75) is 26.8 Å². The first-order valence-corrected chi connectivity index (χ1v) is 8.32. The highest BCUT2D eigenvalue weighted by Crippen LogP contribution is 2.19. The average Bonchev–Trinajstić information content (AvgIpc) is 2.60. The number of hydrogen-bond donors (Lipinski definition) is 1. The van der Waals surface area contributed by atoms with Crippen molar-refractivity contribution in [1.29, 1.82) is 0 Å². The third-order valence-corrected chi connectivity index (χ3v) is 3.60. The Kier molecular flexibility index (Phi) is 6.57. The predicted octanol–water partition coefficient (Wildman–Crippen LogP) is 3.45. The topological polar surface area (TPSA) is 64.6 Å². The molecule has 2 aromatic rings. The van der Waals surface area contributed by atoms with Crippen LogP contribution in [-0.4, -0.2) is 24.5 Å². The molecule has 132 valence electrons. The second kappa shape index (κ2) is 8.87. The zero-order valence-corrected chi connectivity index (χ0v) is 14.7. The number of benzene rings is 2. The van der Waals surface area contributed by atoms with Crippen LogP contribution in [0.25, 0.3) is 0 Å². The molecule has 0 fully saturated rings. The van der Waals surface area contributed by atoms with Crippen molar-refractivity contribution >= 4 is 11.9 Å². The number of carbonyl (C=O) groups excluding carboxylic acids is 2. The average molecular weight is 341 g/mol. The third kappa shape index (κ3) is 5.08. The lowest BCUT2D eigenvalue weighted by Crippen LogP contribution is -2.46. The minimum absolute atomic E-state index is 0.126. The van der Waals surface area contributed by atoms with E-state index in [4.69, 9.17) is 9.47 Å². The Balaban J connectivity index is 2.13. The van der Waals surface area contributed by atoms with E-state index in [0.717, 1.165) is 0 Å². The maximum Gasteiger partial charge on any atom is 0.334 e. The molecule has 5 heteroatoms. The molecule has 0 unspecified atom stereocenters. The Morgan fingerprint density at radius 3 is 2.28 bits per heavy atom. The van der Waals surface area contributed by atoms with Gasteiger partial charge in [-0.3, -0.25) is 4.79 Å². The van der Waals surface area contributed by atoms with E-state index < -0.39 is 12.0 Å². The fourth-order valence-corrected chi connectivity index (χ4v) is 2.32. The number of carbonyl (C=O) groups is 2. The van der Waals surface area contributed by atoms with Gasteiger partial charge in [0.05, 0.1) is 12.2 Å². The van der Waals surface area contributed by atoms with E-state index in [1.807, 2.05) is 26.8 Å². The number of rotatable bonds is 7.